The van der Waals surface area contributed by atoms with Gasteiger partial charge in [-0.1, -0.05) is 57.3 Å². The Labute approximate surface area is 214 Å². The zero-order valence-corrected chi connectivity index (χ0v) is 20.9. The third-order valence-corrected chi connectivity index (χ3v) is 6.31. The minimum absolute atomic E-state index is 0.147. The molecule has 1 aliphatic heterocycles. The van der Waals surface area contributed by atoms with Crippen molar-refractivity contribution in [2.45, 2.75) is 13.5 Å². The molecule has 0 radical (unpaired) electrons. The van der Waals surface area contributed by atoms with Crippen molar-refractivity contribution in [3.63, 3.8) is 0 Å². The van der Waals surface area contributed by atoms with Gasteiger partial charge >= 0.3 is 6.03 Å². The number of carbonyl (C=O) groups excluding carboxylic acids is 3. The molecule has 1 fully saturated rings. The quantitative estimate of drug-likeness (QED) is 0.293. The van der Waals surface area contributed by atoms with Crippen LogP contribution in [0.5, 0.6) is 5.75 Å². The first-order chi connectivity index (χ1) is 16.2. The van der Waals surface area contributed by atoms with Crippen LogP contribution in [-0.4, -0.2) is 17.8 Å². The number of nitrogens with zero attached hydrogens (tertiary/aromatic N) is 1. The van der Waals surface area contributed by atoms with Crippen molar-refractivity contribution in [1.82, 2.24) is 5.32 Å². The minimum atomic E-state index is -0.788. The number of carbonyl (C=O) groups is 3. The topological polar surface area (TPSA) is 75.7 Å². The van der Waals surface area contributed by atoms with Gasteiger partial charge in [0.1, 0.15) is 17.9 Å². The zero-order valence-electron chi connectivity index (χ0n) is 17.8. The number of benzene rings is 3. The molecular formula is C25H17BrCl2N2O4. The number of hydrogen-bond donors (Lipinski definition) is 1. The molecule has 6 nitrogen and oxygen atoms in total. The molecule has 0 aromatic heterocycles. The number of urea groups is 1. The lowest BCUT2D eigenvalue weighted by Gasteiger charge is -2.27. The summed E-state index contributed by atoms with van der Waals surface area (Å²) in [5, 5.41) is 3.15. The van der Waals surface area contributed by atoms with Crippen LogP contribution in [0.1, 0.15) is 16.7 Å². The van der Waals surface area contributed by atoms with Gasteiger partial charge in [0.15, 0.2) is 0 Å². The van der Waals surface area contributed by atoms with Crippen molar-refractivity contribution in [3.8, 4) is 5.75 Å². The lowest BCUT2D eigenvalue weighted by molar-refractivity contribution is -0.122. The van der Waals surface area contributed by atoms with Crippen LogP contribution in [0.2, 0.25) is 10.0 Å². The first-order valence-electron chi connectivity index (χ1n) is 10.1. The molecule has 0 bridgehead atoms. The van der Waals surface area contributed by atoms with Crippen LogP contribution >= 0.6 is 39.1 Å². The molecule has 3 aromatic rings. The fourth-order valence-electron chi connectivity index (χ4n) is 3.37. The first-order valence-corrected chi connectivity index (χ1v) is 11.6. The average Bonchev–Trinajstić information content (AvgIpc) is 2.79. The van der Waals surface area contributed by atoms with Gasteiger partial charge in [0.25, 0.3) is 11.8 Å². The number of nitrogens with one attached hydrogen (secondary N) is 1. The van der Waals surface area contributed by atoms with Gasteiger partial charge in [0, 0.05) is 4.47 Å². The number of ether oxygens (including phenoxy) is 1. The highest BCUT2D eigenvalue weighted by molar-refractivity contribution is 9.10. The summed E-state index contributed by atoms with van der Waals surface area (Å²) in [6.07, 6.45) is 1.44. The van der Waals surface area contributed by atoms with Crippen LogP contribution in [0.3, 0.4) is 0 Å². The first kappa shape index (κ1) is 24.0. The van der Waals surface area contributed by atoms with Crippen molar-refractivity contribution < 1.29 is 19.1 Å². The lowest BCUT2D eigenvalue weighted by atomic mass is 10.1. The monoisotopic (exact) mass is 558 g/mol. The molecule has 0 spiro atoms. The number of amides is 4. The summed E-state index contributed by atoms with van der Waals surface area (Å²) >= 11 is 15.3. The van der Waals surface area contributed by atoms with Crippen molar-refractivity contribution >= 4 is 68.7 Å². The molecule has 1 aliphatic rings. The molecule has 0 aliphatic carbocycles. The second-order valence-corrected chi connectivity index (χ2v) is 9.22. The molecule has 1 saturated heterocycles. The number of imide groups is 2. The largest absolute Gasteiger partial charge is 0.489 e. The fourth-order valence-corrected chi connectivity index (χ4v) is 4.17. The van der Waals surface area contributed by atoms with E-state index in [9.17, 15) is 14.4 Å². The van der Waals surface area contributed by atoms with Gasteiger partial charge in [0.05, 0.1) is 15.7 Å². The van der Waals surface area contributed by atoms with E-state index in [1.54, 1.807) is 61.5 Å². The molecule has 4 rings (SSSR count). The van der Waals surface area contributed by atoms with Gasteiger partial charge in [-0.15, -0.1) is 0 Å². The van der Waals surface area contributed by atoms with Crippen molar-refractivity contribution in [2.75, 3.05) is 4.90 Å². The molecule has 172 valence electrons. The van der Waals surface area contributed by atoms with Crippen LogP contribution in [0.25, 0.3) is 6.08 Å². The predicted molar refractivity (Wildman–Crippen MR) is 135 cm³/mol. The van der Waals surface area contributed by atoms with Crippen LogP contribution in [-0.2, 0) is 16.2 Å². The van der Waals surface area contributed by atoms with Crippen LogP contribution in [0, 0.1) is 6.92 Å². The maximum atomic E-state index is 13.1. The highest BCUT2D eigenvalue weighted by atomic mass is 79.9. The summed E-state index contributed by atoms with van der Waals surface area (Å²) in [6.45, 7) is 2.07. The highest BCUT2D eigenvalue weighted by Crippen LogP contribution is 2.28. The van der Waals surface area contributed by atoms with Gasteiger partial charge in [-0.3, -0.25) is 14.9 Å². The molecule has 9 heteroatoms. The predicted octanol–water partition coefficient (Wildman–Crippen LogP) is 6.31. The Kier molecular flexibility index (Phi) is 7.07. The number of halogens is 3. The molecule has 34 heavy (non-hydrogen) atoms. The van der Waals surface area contributed by atoms with Crippen molar-refractivity contribution in [2.24, 2.45) is 0 Å². The zero-order chi connectivity index (χ0) is 24.4. The van der Waals surface area contributed by atoms with Crippen LogP contribution < -0.4 is 15.0 Å². The number of aryl methyl sites for hydroxylation is 1. The van der Waals surface area contributed by atoms with E-state index in [4.69, 9.17) is 27.9 Å². The summed E-state index contributed by atoms with van der Waals surface area (Å²) in [4.78, 5) is 38.9. The second kappa shape index (κ2) is 10.0. The molecule has 0 unspecified atom stereocenters. The number of anilines is 1. The average molecular weight is 560 g/mol. The maximum Gasteiger partial charge on any atom is 0.335 e. The van der Waals surface area contributed by atoms with E-state index in [0.717, 1.165) is 14.9 Å². The van der Waals surface area contributed by atoms with Gasteiger partial charge in [-0.2, -0.15) is 0 Å². The Hall–Kier alpha value is -3.13. The molecule has 0 saturated carbocycles. The van der Waals surface area contributed by atoms with Crippen LogP contribution in [0.15, 0.2) is 70.7 Å². The standard InChI is InChI=1S/C25H17BrCl2N2O4/c1-14-10-17(26)5-9-22(14)30-24(32)19(23(31)29-25(30)33)11-15-2-6-18(7-3-15)34-13-16-4-8-20(27)21(28)12-16/h2-12H,13H2,1H3,(H,29,31,33)/b19-11-. The minimum Gasteiger partial charge on any atom is -0.489 e. The fraction of sp³-hybridized carbons (Fsp3) is 0.0800. The smallest absolute Gasteiger partial charge is 0.335 e. The van der Waals surface area contributed by atoms with Gasteiger partial charge in [-0.05, 0) is 72.2 Å². The highest BCUT2D eigenvalue weighted by Gasteiger charge is 2.37. The lowest BCUT2D eigenvalue weighted by Crippen LogP contribution is -2.54. The molecule has 4 amide bonds. The summed E-state index contributed by atoms with van der Waals surface area (Å²) in [5.74, 6) is -0.852. The van der Waals surface area contributed by atoms with E-state index in [2.05, 4.69) is 21.2 Å². The Morgan fingerprint density at radius 3 is 2.38 bits per heavy atom. The third-order valence-electron chi connectivity index (χ3n) is 5.08. The normalized spacial score (nSPS) is 15.0. The molecule has 0 atom stereocenters. The van der Waals surface area contributed by atoms with Crippen molar-refractivity contribution in [1.29, 1.82) is 0 Å². The third kappa shape index (κ3) is 5.17. The SMILES string of the molecule is Cc1cc(Br)ccc1N1C(=O)NC(=O)/C(=C/c2ccc(OCc3ccc(Cl)c(Cl)c3)cc2)C1=O. The number of barbiturate groups is 1. The van der Waals surface area contributed by atoms with E-state index in [1.165, 1.54) is 6.08 Å². The Morgan fingerprint density at radius 1 is 0.971 bits per heavy atom. The second-order valence-electron chi connectivity index (χ2n) is 7.49. The Morgan fingerprint density at radius 2 is 1.71 bits per heavy atom. The van der Waals surface area contributed by atoms with E-state index in [-0.39, 0.29) is 5.57 Å². The van der Waals surface area contributed by atoms with Gasteiger partial charge < -0.3 is 4.74 Å². The Bertz CT molecular complexity index is 1340. The van der Waals surface area contributed by atoms with Crippen LogP contribution in [0.4, 0.5) is 10.5 Å². The summed E-state index contributed by atoms with van der Waals surface area (Å²) in [7, 11) is 0. The van der Waals surface area contributed by atoms with E-state index >= 15 is 0 Å². The molecule has 1 N–H and O–H groups in total. The number of rotatable bonds is 5. The molecular weight excluding hydrogens is 543 g/mol. The van der Waals surface area contributed by atoms with Gasteiger partial charge in [0.2, 0.25) is 0 Å². The molecule has 3 aromatic carbocycles. The van der Waals surface area contributed by atoms with E-state index < -0.39 is 17.8 Å². The van der Waals surface area contributed by atoms with Crippen molar-refractivity contribution in [3.05, 3.63) is 97.4 Å². The maximum absolute atomic E-state index is 13.1. The summed E-state index contributed by atoms with van der Waals surface area (Å²) in [6, 6.07) is 16.5. The van der Waals surface area contributed by atoms with E-state index in [0.29, 0.717) is 39.2 Å². The summed E-state index contributed by atoms with van der Waals surface area (Å²) < 4.78 is 6.57. The number of hydrogen-bond acceptors (Lipinski definition) is 4. The molecule has 1 heterocycles. The Balaban J connectivity index is 1.52. The summed E-state index contributed by atoms with van der Waals surface area (Å²) in [5.41, 5.74) is 2.41. The van der Waals surface area contributed by atoms with Gasteiger partial charge in [-0.25, -0.2) is 9.69 Å². The van der Waals surface area contributed by atoms with E-state index in [1.807, 2.05) is 6.07 Å².